The van der Waals surface area contributed by atoms with Crippen LogP contribution in [0, 0.1) is 12.8 Å². The van der Waals surface area contributed by atoms with E-state index in [9.17, 15) is 0 Å². The van der Waals surface area contributed by atoms with Gasteiger partial charge in [0, 0.05) is 17.8 Å². The van der Waals surface area contributed by atoms with E-state index in [1.165, 1.54) is 27.9 Å². The van der Waals surface area contributed by atoms with Gasteiger partial charge in [-0.2, -0.15) is 0 Å². The molecule has 2 heteroatoms. The van der Waals surface area contributed by atoms with Crippen molar-refractivity contribution >= 4 is 5.69 Å². The van der Waals surface area contributed by atoms with Crippen molar-refractivity contribution in [3.63, 3.8) is 0 Å². The number of pyridine rings is 1. The van der Waals surface area contributed by atoms with Crippen molar-refractivity contribution in [3.8, 4) is 0 Å². The highest BCUT2D eigenvalue weighted by molar-refractivity contribution is 5.63. The summed E-state index contributed by atoms with van der Waals surface area (Å²) in [7, 11) is 0. The molecule has 1 N–H and O–H groups in total. The summed E-state index contributed by atoms with van der Waals surface area (Å²) in [5, 5.41) is 3.78. The maximum absolute atomic E-state index is 4.65. The Morgan fingerprint density at radius 2 is 1.83 bits per heavy atom. The summed E-state index contributed by atoms with van der Waals surface area (Å²) in [6.45, 7) is 2.18. The molecule has 2 aromatic carbocycles. The van der Waals surface area contributed by atoms with Gasteiger partial charge >= 0.3 is 0 Å². The van der Waals surface area contributed by atoms with Crippen LogP contribution < -0.4 is 5.32 Å². The van der Waals surface area contributed by atoms with Crippen LogP contribution in [0.1, 0.15) is 39.9 Å². The molecule has 1 aliphatic carbocycles. The molecule has 2 aliphatic rings. The number of benzene rings is 2. The molecule has 3 aromatic rings. The first-order valence-electron chi connectivity index (χ1n) is 8.67. The van der Waals surface area contributed by atoms with Crippen LogP contribution in [0.2, 0.25) is 0 Å². The zero-order chi connectivity index (χ0) is 16.1. The van der Waals surface area contributed by atoms with Gasteiger partial charge in [0.05, 0.1) is 11.7 Å². The van der Waals surface area contributed by atoms with E-state index in [0.29, 0.717) is 11.8 Å². The van der Waals surface area contributed by atoms with Gasteiger partial charge in [0.1, 0.15) is 0 Å². The van der Waals surface area contributed by atoms with E-state index in [0.717, 1.165) is 12.1 Å². The molecule has 0 fully saturated rings. The zero-order valence-electron chi connectivity index (χ0n) is 13.7. The SMILES string of the molecule is Cc1ccc2c(c1)[C@@H]1c3ccccc3C[C@@H]1[C@H](c1ccccn1)N2. The second-order valence-electron chi connectivity index (χ2n) is 7.01. The number of hydrogen-bond acceptors (Lipinski definition) is 2. The predicted octanol–water partition coefficient (Wildman–Crippen LogP) is 4.86. The van der Waals surface area contributed by atoms with Crippen molar-refractivity contribution in [3.05, 3.63) is 94.8 Å². The Balaban J connectivity index is 1.70. The number of hydrogen-bond donors (Lipinski definition) is 1. The molecule has 0 spiro atoms. The van der Waals surface area contributed by atoms with Gasteiger partial charge in [-0.1, -0.05) is 48.0 Å². The minimum Gasteiger partial charge on any atom is -0.376 e. The highest BCUT2D eigenvalue weighted by atomic mass is 15.0. The van der Waals surface area contributed by atoms with Crippen LogP contribution in [0.3, 0.4) is 0 Å². The third kappa shape index (κ3) is 1.99. The van der Waals surface area contributed by atoms with E-state index in [1.807, 2.05) is 12.3 Å². The fourth-order valence-corrected chi connectivity index (χ4v) is 4.53. The summed E-state index contributed by atoms with van der Waals surface area (Å²) in [6, 6.07) is 22.2. The van der Waals surface area contributed by atoms with Gasteiger partial charge in [0.25, 0.3) is 0 Å². The zero-order valence-corrected chi connectivity index (χ0v) is 13.7. The number of nitrogens with one attached hydrogen (secondary N) is 1. The van der Waals surface area contributed by atoms with E-state index < -0.39 is 0 Å². The summed E-state index contributed by atoms with van der Waals surface area (Å²) in [6.07, 6.45) is 3.02. The first-order chi connectivity index (χ1) is 11.8. The largest absolute Gasteiger partial charge is 0.376 e. The van der Waals surface area contributed by atoms with Gasteiger partial charge in [-0.05, 0) is 54.2 Å². The van der Waals surface area contributed by atoms with Crippen molar-refractivity contribution in [2.24, 2.45) is 5.92 Å². The van der Waals surface area contributed by atoms with Crippen molar-refractivity contribution in [2.75, 3.05) is 5.32 Å². The van der Waals surface area contributed by atoms with E-state index in [1.54, 1.807) is 0 Å². The lowest BCUT2D eigenvalue weighted by Gasteiger charge is -2.37. The average Bonchev–Trinajstić information content (AvgIpc) is 3.02. The Hall–Kier alpha value is -2.61. The Labute approximate surface area is 142 Å². The lowest BCUT2D eigenvalue weighted by atomic mass is 9.76. The van der Waals surface area contributed by atoms with Gasteiger partial charge in [-0.15, -0.1) is 0 Å². The molecule has 118 valence electrons. The lowest BCUT2D eigenvalue weighted by Crippen LogP contribution is -2.31. The van der Waals surface area contributed by atoms with Crippen LogP contribution in [-0.4, -0.2) is 4.98 Å². The second kappa shape index (κ2) is 5.20. The number of anilines is 1. The second-order valence-corrected chi connectivity index (χ2v) is 7.01. The quantitative estimate of drug-likeness (QED) is 0.694. The summed E-state index contributed by atoms with van der Waals surface area (Å²) in [5.74, 6) is 0.982. The fraction of sp³-hybridized carbons (Fsp3) is 0.227. The first-order valence-corrected chi connectivity index (χ1v) is 8.67. The third-order valence-corrected chi connectivity index (χ3v) is 5.56. The standard InChI is InChI=1S/C22H20N2/c1-14-9-10-19-17(12-14)21-16-7-3-2-6-15(16)13-18(21)22(24-19)20-8-4-5-11-23-20/h2-12,18,21-22,24H,13H2,1H3/t18-,21-,22+/m0/s1. The van der Waals surface area contributed by atoms with Crippen LogP contribution in [-0.2, 0) is 6.42 Å². The molecule has 0 unspecified atom stereocenters. The number of nitrogens with zero attached hydrogens (tertiary/aromatic N) is 1. The third-order valence-electron chi connectivity index (χ3n) is 5.56. The number of rotatable bonds is 1. The van der Waals surface area contributed by atoms with E-state index in [-0.39, 0.29) is 6.04 Å². The molecule has 2 nitrogen and oxygen atoms in total. The van der Waals surface area contributed by atoms with E-state index in [2.05, 4.69) is 71.8 Å². The average molecular weight is 312 g/mol. The normalized spacial score (nSPS) is 23.8. The van der Waals surface area contributed by atoms with Crippen LogP contribution in [0.15, 0.2) is 66.9 Å². The van der Waals surface area contributed by atoms with Crippen molar-refractivity contribution in [1.82, 2.24) is 4.98 Å². The Morgan fingerprint density at radius 3 is 2.71 bits per heavy atom. The van der Waals surface area contributed by atoms with Gasteiger partial charge in [0.15, 0.2) is 0 Å². The molecular formula is C22H20N2. The van der Waals surface area contributed by atoms with Crippen LogP contribution in [0.25, 0.3) is 0 Å². The molecule has 0 amide bonds. The fourth-order valence-electron chi connectivity index (χ4n) is 4.53. The van der Waals surface area contributed by atoms with Crippen LogP contribution in [0.4, 0.5) is 5.69 Å². The summed E-state index contributed by atoms with van der Waals surface area (Å²) in [5.41, 5.74) is 8.16. The molecule has 2 heterocycles. The van der Waals surface area contributed by atoms with Crippen LogP contribution in [0.5, 0.6) is 0 Å². The molecule has 0 saturated heterocycles. The minimum atomic E-state index is 0.263. The molecule has 0 saturated carbocycles. The smallest absolute Gasteiger partial charge is 0.0725 e. The topological polar surface area (TPSA) is 24.9 Å². The molecular weight excluding hydrogens is 292 g/mol. The van der Waals surface area contributed by atoms with Gasteiger partial charge < -0.3 is 5.32 Å². The molecule has 3 atom stereocenters. The highest BCUT2D eigenvalue weighted by Gasteiger charge is 2.43. The molecule has 1 aromatic heterocycles. The van der Waals surface area contributed by atoms with E-state index >= 15 is 0 Å². The monoisotopic (exact) mass is 312 g/mol. The van der Waals surface area contributed by atoms with E-state index in [4.69, 9.17) is 0 Å². The predicted molar refractivity (Wildman–Crippen MR) is 97.3 cm³/mol. The number of fused-ring (bicyclic) bond motifs is 5. The van der Waals surface area contributed by atoms with Crippen LogP contribution >= 0.6 is 0 Å². The Morgan fingerprint density at radius 1 is 0.958 bits per heavy atom. The summed E-state index contributed by atoms with van der Waals surface area (Å²) >= 11 is 0. The van der Waals surface area contributed by atoms with Crippen molar-refractivity contribution in [1.29, 1.82) is 0 Å². The van der Waals surface area contributed by atoms with Crippen molar-refractivity contribution < 1.29 is 0 Å². The Bertz CT molecular complexity index is 901. The van der Waals surface area contributed by atoms with Gasteiger partial charge in [-0.25, -0.2) is 0 Å². The van der Waals surface area contributed by atoms with Crippen molar-refractivity contribution in [2.45, 2.75) is 25.3 Å². The summed E-state index contributed by atoms with van der Waals surface area (Å²) < 4.78 is 0. The Kier molecular flexibility index (Phi) is 2.99. The lowest BCUT2D eigenvalue weighted by molar-refractivity contribution is 0.414. The molecule has 5 rings (SSSR count). The van der Waals surface area contributed by atoms with Gasteiger partial charge in [-0.3, -0.25) is 4.98 Å². The molecule has 0 radical (unpaired) electrons. The maximum atomic E-state index is 4.65. The molecule has 1 aliphatic heterocycles. The molecule has 24 heavy (non-hydrogen) atoms. The van der Waals surface area contributed by atoms with Gasteiger partial charge in [0.2, 0.25) is 0 Å². The number of aromatic nitrogens is 1. The highest BCUT2D eigenvalue weighted by Crippen LogP contribution is 2.53. The number of aryl methyl sites for hydroxylation is 1. The minimum absolute atomic E-state index is 0.263. The maximum Gasteiger partial charge on any atom is 0.0725 e. The molecule has 0 bridgehead atoms. The first kappa shape index (κ1) is 13.8. The summed E-state index contributed by atoms with van der Waals surface area (Å²) in [4.78, 5) is 4.65.